The van der Waals surface area contributed by atoms with Crippen LogP contribution in [0.25, 0.3) is 22.2 Å². The number of hydrogen-bond acceptors (Lipinski definition) is 3. The summed E-state index contributed by atoms with van der Waals surface area (Å²) in [5.41, 5.74) is 3.07. The summed E-state index contributed by atoms with van der Waals surface area (Å²) in [5.74, 6) is -0.295. The minimum Gasteiger partial charge on any atom is -0.406 e. The molecule has 4 nitrogen and oxygen atoms in total. The first kappa shape index (κ1) is 16.3. The van der Waals surface area contributed by atoms with Crippen LogP contribution in [0.5, 0.6) is 5.75 Å². The lowest BCUT2D eigenvalue weighted by Gasteiger charge is -2.10. The maximum Gasteiger partial charge on any atom is 0.573 e. The Labute approximate surface area is 143 Å². The van der Waals surface area contributed by atoms with Crippen LogP contribution in [0.4, 0.5) is 13.2 Å². The number of nitrogens with zero attached hydrogens (tertiary/aromatic N) is 3. The number of rotatable bonds is 2. The van der Waals surface area contributed by atoms with Gasteiger partial charge >= 0.3 is 6.36 Å². The second-order valence-electron chi connectivity index (χ2n) is 5.02. The Morgan fingerprint density at radius 1 is 1.25 bits per heavy atom. The lowest BCUT2D eigenvalue weighted by Crippen LogP contribution is -2.16. The molecule has 3 aromatic rings. The van der Waals surface area contributed by atoms with Gasteiger partial charge in [-0.25, -0.2) is 4.98 Å². The summed E-state index contributed by atoms with van der Waals surface area (Å²) in [6.07, 6.45) is -3.14. The van der Waals surface area contributed by atoms with Gasteiger partial charge in [-0.05, 0) is 39.7 Å². The summed E-state index contributed by atoms with van der Waals surface area (Å²) < 4.78 is 42.9. The molecule has 8 heteroatoms. The first-order chi connectivity index (χ1) is 11.3. The van der Waals surface area contributed by atoms with Crippen LogP contribution in [-0.2, 0) is 7.05 Å². The van der Waals surface area contributed by atoms with E-state index in [0.29, 0.717) is 32.2 Å². The molecule has 122 valence electrons. The van der Waals surface area contributed by atoms with Crippen LogP contribution in [0, 0.1) is 11.3 Å². The number of fused-ring (bicyclic) bond motifs is 1. The van der Waals surface area contributed by atoms with Gasteiger partial charge in [0, 0.05) is 17.1 Å². The smallest absolute Gasteiger partial charge is 0.406 e. The van der Waals surface area contributed by atoms with Crippen molar-refractivity contribution in [2.45, 2.75) is 6.36 Å². The fraction of sp³-hybridized carbons (Fsp3) is 0.125. The molecule has 0 fully saturated rings. The molecule has 0 N–H and O–H groups in total. The third kappa shape index (κ3) is 2.95. The van der Waals surface area contributed by atoms with Gasteiger partial charge in [-0.15, -0.1) is 13.2 Å². The van der Waals surface area contributed by atoms with Gasteiger partial charge in [-0.2, -0.15) is 5.26 Å². The van der Waals surface area contributed by atoms with Gasteiger partial charge in [0.2, 0.25) is 0 Å². The third-order valence-corrected chi connectivity index (χ3v) is 4.07. The predicted molar refractivity (Wildman–Crippen MR) is 85.2 cm³/mol. The Bertz CT molecular complexity index is 956. The number of aryl methyl sites for hydroxylation is 1. The van der Waals surface area contributed by atoms with Crippen molar-refractivity contribution >= 4 is 27.0 Å². The molecule has 0 aliphatic rings. The van der Waals surface area contributed by atoms with E-state index >= 15 is 0 Å². The van der Waals surface area contributed by atoms with E-state index in [0.717, 1.165) is 0 Å². The van der Waals surface area contributed by atoms with E-state index in [1.807, 2.05) is 0 Å². The number of aromatic nitrogens is 2. The van der Waals surface area contributed by atoms with Crippen molar-refractivity contribution in [3.63, 3.8) is 0 Å². The van der Waals surface area contributed by atoms with Crippen LogP contribution in [0.1, 0.15) is 5.56 Å². The van der Waals surface area contributed by atoms with Crippen LogP contribution >= 0.6 is 15.9 Å². The maximum absolute atomic E-state index is 12.2. The van der Waals surface area contributed by atoms with Crippen LogP contribution < -0.4 is 4.74 Å². The zero-order chi connectivity index (χ0) is 17.5. The molecule has 0 amide bonds. The van der Waals surface area contributed by atoms with Crippen LogP contribution in [-0.4, -0.2) is 15.9 Å². The summed E-state index contributed by atoms with van der Waals surface area (Å²) in [5, 5.41) is 9.32. The second kappa shape index (κ2) is 5.83. The van der Waals surface area contributed by atoms with Crippen LogP contribution in [0.2, 0.25) is 0 Å². The molecular weight excluding hydrogens is 387 g/mol. The van der Waals surface area contributed by atoms with Crippen molar-refractivity contribution in [1.82, 2.24) is 9.55 Å². The van der Waals surface area contributed by atoms with E-state index in [-0.39, 0.29) is 5.75 Å². The van der Waals surface area contributed by atoms with E-state index in [1.165, 1.54) is 24.3 Å². The standard InChI is InChI=1S/C16H9BrF3N3O/c1-23-8-22-14-11(6-13(17)12(7-21)15(14)23)9-2-4-10(5-3-9)24-16(18,19)20/h2-6,8H,1H3. The molecule has 0 saturated heterocycles. The first-order valence-corrected chi connectivity index (χ1v) is 7.49. The molecule has 0 bridgehead atoms. The highest BCUT2D eigenvalue weighted by Crippen LogP contribution is 2.35. The van der Waals surface area contributed by atoms with Gasteiger partial charge in [0.15, 0.2) is 0 Å². The summed E-state index contributed by atoms with van der Waals surface area (Å²) in [6.45, 7) is 0. The molecule has 1 heterocycles. The fourth-order valence-electron chi connectivity index (χ4n) is 2.47. The van der Waals surface area contributed by atoms with Crippen molar-refractivity contribution in [3.05, 3.63) is 46.7 Å². The molecule has 24 heavy (non-hydrogen) atoms. The Kier molecular flexibility index (Phi) is 3.97. The summed E-state index contributed by atoms with van der Waals surface area (Å²) in [7, 11) is 1.77. The average molecular weight is 396 g/mol. The molecule has 0 spiro atoms. The molecule has 0 atom stereocenters. The number of alkyl halides is 3. The van der Waals surface area contributed by atoms with Crippen LogP contribution in [0.15, 0.2) is 41.1 Å². The predicted octanol–water partition coefficient (Wildman–Crippen LogP) is 4.77. The molecule has 0 aliphatic carbocycles. The Morgan fingerprint density at radius 2 is 1.92 bits per heavy atom. The highest BCUT2D eigenvalue weighted by atomic mass is 79.9. The number of ether oxygens (including phenoxy) is 1. The first-order valence-electron chi connectivity index (χ1n) is 6.70. The van der Waals surface area contributed by atoms with Crippen molar-refractivity contribution in [2.75, 3.05) is 0 Å². The molecule has 0 aliphatic heterocycles. The number of imidazole rings is 1. The van der Waals surface area contributed by atoms with Gasteiger partial charge in [0.05, 0.1) is 22.9 Å². The van der Waals surface area contributed by atoms with Crippen molar-refractivity contribution in [2.24, 2.45) is 7.05 Å². The van der Waals surface area contributed by atoms with Crippen molar-refractivity contribution in [3.8, 4) is 22.9 Å². The number of hydrogen-bond donors (Lipinski definition) is 0. The van der Waals surface area contributed by atoms with E-state index in [2.05, 4.69) is 31.7 Å². The van der Waals surface area contributed by atoms with Gasteiger partial charge in [0.1, 0.15) is 11.8 Å². The summed E-state index contributed by atoms with van der Waals surface area (Å²) in [6, 6.07) is 9.37. The topological polar surface area (TPSA) is 50.8 Å². The highest BCUT2D eigenvalue weighted by Gasteiger charge is 2.31. The Morgan fingerprint density at radius 3 is 2.50 bits per heavy atom. The van der Waals surface area contributed by atoms with E-state index < -0.39 is 6.36 Å². The molecule has 0 saturated carbocycles. The Balaban J connectivity index is 2.12. The number of nitriles is 1. The SMILES string of the molecule is Cn1cnc2c(-c3ccc(OC(F)(F)F)cc3)cc(Br)c(C#N)c21. The van der Waals surface area contributed by atoms with E-state index in [9.17, 15) is 18.4 Å². The summed E-state index contributed by atoms with van der Waals surface area (Å²) >= 11 is 3.36. The zero-order valence-electron chi connectivity index (χ0n) is 12.2. The number of halogens is 4. The van der Waals surface area contributed by atoms with E-state index in [1.54, 1.807) is 24.0 Å². The highest BCUT2D eigenvalue weighted by molar-refractivity contribution is 9.10. The number of benzene rings is 2. The molecular formula is C16H9BrF3N3O. The summed E-state index contributed by atoms with van der Waals surface area (Å²) in [4.78, 5) is 4.31. The van der Waals surface area contributed by atoms with Crippen molar-refractivity contribution in [1.29, 1.82) is 5.26 Å². The van der Waals surface area contributed by atoms with Gasteiger partial charge in [0.25, 0.3) is 0 Å². The normalized spacial score (nSPS) is 11.5. The molecule has 2 aromatic carbocycles. The second-order valence-corrected chi connectivity index (χ2v) is 5.87. The third-order valence-electron chi connectivity index (χ3n) is 3.45. The Hall–Kier alpha value is -2.53. The van der Waals surface area contributed by atoms with Gasteiger partial charge in [-0.1, -0.05) is 12.1 Å². The van der Waals surface area contributed by atoms with Crippen molar-refractivity contribution < 1.29 is 17.9 Å². The molecule has 0 unspecified atom stereocenters. The fourth-order valence-corrected chi connectivity index (χ4v) is 2.97. The maximum atomic E-state index is 12.2. The molecule has 0 radical (unpaired) electrons. The van der Waals surface area contributed by atoms with Crippen LogP contribution in [0.3, 0.4) is 0 Å². The monoisotopic (exact) mass is 395 g/mol. The van der Waals surface area contributed by atoms with E-state index in [4.69, 9.17) is 0 Å². The minimum atomic E-state index is -4.73. The lowest BCUT2D eigenvalue weighted by molar-refractivity contribution is -0.274. The van der Waals surface area contributed by atoms with Gasteiger partial charge in [-0.3, -0.25) is 0 Å². The minimum absolute atomic E-state index is 0.295. The molecule has 3 rings (SSSR count). The average Bonchev–Trinajstić information content (AvgIpc) is 2.88. The zero-order valence-corrected chi connectivity index (χ0v) is 13.8. The van der Waals surface area contributed by atoms with Gasteiger partial charge < -0.3 is 9.30 Å². The molecule has 1 aromatic heterocycles. The lowest BCUT2D eigenvalue weighted by atomic mass is 10.0. The quantitative estimate of drug-likeness (QED) is 0.627. The largest absolute Gasteiger partial charge is 0.573 e.